The molecule has 1 nitrogen and oxygen atoms in total. The first-order valence-electron chi connectivity index (χ1n) is 4.29. The minimum atomic E-state index is -0.282. The van der Waals surface area contributed by atoms with Gasteiger partial charge >= 0.3 is 0 Å². The first kappa shape index (κ1) is 9.32. The number of halogens is 2. The quantitative estimate of drug-likeness (QED) is 0.766. The zero-order valence-corrected chi connectivity index (χ0v) is 8.86. The minimum absolute atomic E-state index is 0.282. The molecule has 3 heteroatoms. The molecule has 1 aromatic rings. The SMILES string of the molecule is CC1CC1(N)c1c(Cl)cccc1Cl. The number of hydrogen-bond donors (Lipinski definition) is 1. The summed E-state index contributed by atoms with van der Waals surface area (Å²) in [4.78, 5) is 0. The van der Waals surface area contributed by atoms with E-state index in [0.29, 0.717) is 16.0 Å². The van der Waals surface area contributed by atoms with E-state index < -0.39 is 0 Å². The Morgan fingerprint density at radius 2 is 1.85 bits per heavy atom. The van der Waals surface area contributed by atoms with Gasteiger partial charge in [0.1, 0.15) is 0 Å². The van der Waals surface area contributed by atoms with E-state index in [1.54, 1.807) is 0 Å². The van der Waals surface area contributed by atoms with Crippen LogP contribution in [0.5, 0.6) is 0 Å². The van der Waals surface area contributed by atoms with E-state index in [1.165, 1.54) is 0 Å². The highest BCUT2D eigenvalue weighted by molar-refractivity contribution is 6.36. The first-order valence-corrected chi connectivity index (χ1v) is 5.04. The summed E-state index contributed by atoms with van der Waals surface area (Å²) in [5.41, 5.74) is 6.77. The maximum absolute atomic E-state index is 6.14. The van der Waals surface area contributed by atoms with Gasteiger partial charge in [0.25, 0.3) is 0 Å². The van der Waals surface area contributed by atoms with Gasteiger partial charge in [-0.05, 0) is 24.5 Å². The zero-order chi connectivity index (χ0) is 9.64. The molecule has 0 radical (unpaired) electrons. The van der Waals surface area contributed by atoms with Gasteiger partial charge in [0, 0.05) is 21.1 Å². The Bertz CT molecular complexity index is 331. The van der Waals surface area contributed by atoms with Crippen molar-refractivity contribution in [2.45, 2.75) is 18.9 Å². The summed E-state index contributed by atoms with van der Waals surface area (Å²) in [7, 11) is 0. The minimum Gasteiger partial charge on any atom is -0.321 e. The molecule has 13 heavy (non-hydrogen) atoms. The lowest BCUT2D eigenvalue weighted by Crippen LogP contribution is -2.22. The first-order chi connectivity index (χ1) is 6.05. The lowest BCUT2D eigenvalue weighted by Gasteiger charge is -2.14. The van der Waals surface area contributed by atoms with Gasteiger partial charge in [-0.1, -0.05) is 36.2 Å². The maximum atomic E-state index is 6.14. The Hall–Kier alpha value is -0.240. The predicted octanol–water partition coefficient (Wildman–Crippen LogP) is 3.19. The average molecular weight is 216 g/mol. The standard InChI is InChI=1S/C10H11Cl2N/c1-6-5-10(6,13)9-7(11)3-2-4-8(9)12/h2-4,6H,5,13H2,1H3. The van der Waals surface area contributed by atoms with Crippen LogP contribution < -0.4 is 5.73 Å². The fourth-order valence-electron chi connectivity index (χ4n) is 1.74. The van der Waals surface area contributed by atoms with Gasteiger partial charge in [-0.3, -0.25) is 0 Å². The van der Waals surface area contributed by atoms with Crippen LogP contribution in [-0.4, -0.2) is 0 Å². The van der Waals surface area contributed by atoms with E-state index in [0.717, 1.165) is 12.0 Å². The Balaban J connectivity index is 2.52. The smallest absolute Gasteiger partial charge is 0.0471 e. The Morgan fingerprint density at radius 3 is 2.23 bits per heavy atom. The van der Waals surface area contributed by atoms with Gasteiger partial charge < -0.3 is 5.73 Å². The Labute approximate surface area is 87.8 Å². The van der Waals surface area contributed by atoms with Crippen molar-refractivity contribution < 1.29 is 0 Å². The van der Waals surface area contributed by atoms with Crippen molar-refractivity contribution in [1.82, 2.24) is 0 Å². The number of rotatable bonds is 1. The molecular weight excluding hydrogens is 205 g/mol. The van der Waals surface area contributed by atoms with Crippen LogP contribution in [0, 0.1) is 5.92 Å². The molecule has 0 amide bonds. The molecule has 0 spiro atoms. The molecule has 70 valence electrons. The molecule has 0 aromatic heterocycles. The van der Waals surface area contributed by atoms with Crippen LogP contribution in [0.3, 0.4) is 0 Å². The van der Waals surface area contributed by atoms with Gasteiger partial charge in [-0.2, -0.15) is 0 Å². The molecule has 1 aromatic carbocycles. The highest BCUT2D eigenvalue weighted by Crippen LogP contribution is 2.53. The molecule has 0 bridgehead atoms. The van der Waals surface area contributed by atoms with E-state index >= 15 is 0 Å². The summed E-state index contributed by atoms with van der Waals surface area (Å²) in [5, 5.41) is 1.36. The molecule has 2 rings (SSSR count). The summed E-state index contributed by atoms with van der Waals surface area (Å²) in [6.45, 7) is 2.11. The molecule has 1 aliphatic carbocycles. The van der Waals surface area contributed by atoms with Gasteiger partial charge in [0.05, 0.1) is 0 Å². The van der Waals surface area contributed by atoms with Crippen molar-refractivity contribution in [3.05, 3.63) is 33.8 Å². The molecule has 0 aliphatic heterocycles. The number of hydrogen-bond acceptors (Lipinski definition) is 1. The molecule has 1 aliphatic rings. The van der Waals surface area contributed by atoms with Crippen LogP contribution in [0.1, 0.15) is 18.9 Å². The van der Waals surface area contributed by atoms with Crippen molar-refractivity contribution in [3.63, 3.8) is 0 Å². The zero-order valence-electron chi connectivity index (χ0n) is 7.35. The average Bonchev–Trinajstić information content (AvgIpc) is 2.59. The third-order valence-electron chi connectivity index (χ3n) is 2.79. The van der Waals surface area contributed by atoms with Crippen molar-refractivity contribution in [2.24, 2.45) is 11.7 Å². The van der Waals surface area contributed by atoms with Crippen molar-refractivity contribution in [1.29, 1.82) is 0 Å². The van der Waals surface area contributed by atoms with E-state index in [-0.39, 0.29) is 5.54 Å². The van der Waals surface area contributed by atoms with Crippen LogP contribution in [-0.2, 0) is 5.54 Å². The molecule has 0 saturated heterocycles. The summed E-state index contributed by atoms with van der Waals surface area (Å²) in [5.74, 6) is 0.477. The fourth-order valence-corrected chi connectivity index (χ4v) is 2.49. The van der Waals surface area contributed by atoms with E-state index in [2.05, 4.69) is 6.92 Å². The predicted molar refractivity (Wildman–Crippen MR) is 56.1 cm³/mol. The van der Waals surface area contributed by atoms with Crippen LogP contribution in [0.25, 0.3) is 0 Å². The van der Waals surface area contributed by atoms with Crippen LogP contribution in [0.15, 0.2) is 18.2 Å². The second-order valence-electron chi connectivity index (χ2n) is 3.74. The molecule has 1 saturated carbocycles. The van der Waals surface area contributed by atoms with Crippen molar-refractivity contribution in [3.8, 4) is 0 Å². The van der Waals surface area contributed by atoms with Crippen molar-refractivity contribution in [2.75, 3.05) is 0 Å². The maximum Gasteiger partial charge on any atom is 0.0471 e. The van der Waals surface area contributed by atoms with Crippen molar-refractivity contribution >= 4 is 23.2 Å². The third-order valence-corrected chi connectivity index (χ3v) is 3.42. The van der Waals surface area contributed by atoms with Crippen LogP contribution in [0.4, 0.5) is 0 Å². The largest absolute Gasteiger partial charge is 0.321 e. The highest BCUT2D eigenvalue weighted by atomic mass is 35.5. The van der Waals surface area contributed by atoms with Crippen LogP contribution >= 0.6 is 23.2 Å². The van der Waals surface area contributed by atoms with Crippen LogP contribution in [0.2, 0.25) is 10.0 Å². The van der Waals surface area contributed by atoms with Gasteiger partial charge in [0.2, 0.25) is 0 Å². The van der Waals surface area contributed by atoms with E-state index in [4.69, 9.17) is 28.9 Å². The Morgan fingerprint density at radius 1 is 1.38 bits per heavy atom. The topological polar surface area (TPSA) is 26.0 Å². The molecule has 2 unspecified atom stereocenters. The second-order valence-corrected chi connectivity index (χ2v) is 4.56. The summed E-state index contributed by atoms with van der Waals surface area (Å²) < 4.78 is 0. The fraction of sp³-hybridized carbons (Fsp3) is 0.400. The molecular formula is C10H11Cl2N. The van der Waals surface area contributed by atoms with Gasteiger partial charge in [0.15, 0.2) is 0 Å². The number of benzene rings is 1. The second kappa shape index (κ2) is 2.88. The normalized spacial score (nSPS) is 31.8. The van der Waals surface area contributed by atoms with E-state index in [9.17, 15) is 0 Å². The van der Waals surface area contributed by atoms with E-state index in [1.807, 2.05) is 18.2 Å². The van der Waals surface area contributed by atoms with Gasteiger partial charge in [-0.15, -0.1) is 0 Å². The number of nitrogens with two attached hydrogens (primary N) is 1. The summed E-state index contributed by atoms with van der Waals surface area (Å²) in [6.07, 6.45) is 0.969. The Kier molecular flexibility index (Phi) is 2.06. The third kappa shape index (κ3) is 1.35. The monoisotopic (exact) mass is 215 g/mol. The highest BCUT2D eigenvalue weighted by Gasteiger charge is 2.51. The summed E-state index contributed by atoms with van der Waals surface area (Å²) in [6, 6.07) is 5.51. The summed E-state index contributed by atoms with van der Waals surface area (Å²) >= 11 is 12.1. The lowest BCUT2D eigenvalue weighted by atomic mass is 10.0. The molecule has 0 heterocycles. The lowest BCUT2D eigenvalue weighted by molar-refractivity contribution is 0.665. The molecule has 1 fully saturated rings. The molecule has 2 atom stereocenters. The molecule has 2 N–H and O–H groups in total. The van der Waals surface area contributed by atoms with Gasteiger partial charge in [-0.25, -0.2) is 0 Å².